The van der Waals surface area contributed by atoms with Gasteiger partial charge in [0.05, 0.1) is 19.4 Å². The molecule has 30 heavy (non-hydrogen) atoms. The van der Waals surface area contributed by atoms with Gasteiger partial charge in [-0.1, -0.05) is 6.07 Å². The van der Waals surface area contributed by atoms with Gasteiger partial charge in [-0.3, -0.25) is 14.4 Å². The van der Waals surface area contributed by atoms with Gasteiger partial charge in [-0.15, -0.1) is 0 Å². The molecule has 8 nitrogen and oxygen atoms in total. The van der Waals surface area contributed by atoms with Crippen LogP contribution in [0.2, 0.25) is 0 Å². The molecule has 2 amide bonds. The number of ether oxygens (including phenoxy) is 3. The molecule has 2 aromatic rings. The van der Waals surface area contributed by atoms with Crippen LogP contribution in [-0.2, 0) is 14.3 Å². The molecule has 0 bridgehead atoms. The smallest absolute Gasteiger partial charge is 0.326 e. The molecular weight excluding hydrogens is 388 g/mol. The highest BCUT2D eigenvalue weighted by atomic mass is 16.5. The van der Waals surface area contributed by atoms with E-state index in [-0.39, 0.29) is 6.54 Å². The zero-order valence-corrected chi connectivity index (χ0v) is 17.5. The Balaban J connectivity index is 1.84. The van der Waals surface area contributed by atoms with E-state index in [9.17, 15) is 14.4 Å². The fourth-order valence-electron chi connectivity index (χ4n) is 2.57. The van der Waals surface area contributed by atoms with Crippen molar-refractivity contribution in [2.24, 2.45) is 0 Å². The van der Waals surface area contributed by atoms with E-state index in [2.05, 4.69) is 10.6 Å². The van der Waals surface area contributed by atoms with E-state index in [1.807, 2.05) is 19.9 Å². The van der Waals surface area contributed by atoms with E-state index >= 15 is 0 Å². The lowest BCUT2D eigenvalue weighted by atomic mass is 10.2. The van der Waals surface area contributed by atoms with Crippen molar-refractivity contribution in [3.63, 3.8) is 0 Å². The quantitative estimate of drug-likeness (QED) is 0.612. The maximum atomic E-state index is 12.3. The third-order valence-electron chi connectivity index (χ3n) is 4.11. The maximum Gasteiger partial charge on any atom is 0.326 e. The molecule has 0 saturated carbocycles. The van der Waals surface area contributed by atoms with E-state index in [1.54, 1.807) is 36.4 Å². The van der Waals surface area contributed by atoms with E-state index in [4.69, 9.17) is 14.2 Å². The minimum atomic E-state index is -1.05. The molecule has 8 heteroatoms. The van der Waals surface area contributed by atoms with Gasteiger partial charge in [0.25, 0.3) is 11.8 Å². The number of nitrogens with one attached hydrogen (secondary N) is 2. The molecule has 0 unspecified atom stereocenters. The van der Waals surface area contributed by atoms with Gasteiger partial charge in [-0.25, -0.2) is 0 Å². The van der Waals surface area contributed by atoms with E-state index in [0.29, 0.717) is 29.4 Å². The second kappa shape index (κ2) is 10.8. The summed E-state index contributed by atoms with van der Waals surface area (Å²) in [6.07, 6.45) is -1.05. The van der Waals surface area contributed by atoms with Crippen LogP contribution in [0.25, 0.3) is 0 Å². The van der Waals surface area contributed by atoms with Crippen LogP contribution >= 0.6 is 0 Å². The fraction of sp³-hybridized carbons (Fsp3) is 0.318. The van der Waals surface area contributed by atoms with Crippen molar-refractivity contribution in [1.29, 1.82) is 0 Å². The molecule has 0 aliphatic carbocycles. The van der Waals surface area contributed by atoms with Crippen LogP contribution in [0, 0.1) is 6.92 Å². The van der Waals surface area contributed by atoms with Crippen LogP contribution in [0.3, 0.4) is 0 Å². The molecule has 0 spiro atoms. The average Bonchev–Trinajstić information content (AvgIpc) is 2.73. The second-order valence-corrected chi connectivity index (χ2v) is 6.47. The highest BCUT2D eigenvalue weighted by Gasteiger charge is 2.20. The first-order valence-corrected chi connectivity index (χ1v) is 9.50. The summed E-state index contributed by atoms with van der Waals surface area (Å²) in [6.45, 7) is 5.36. The van der Waals surface area contributed by atoms with Crippen LogP contribution in [0.1, 0.15) is 29.8 Å². The molecule has 0 aromatic heterocycles. The Morgan fingerprint density at radius 2 is 1.77 bits per heavy atom. The number of amides is 2. The zero-order chi connectivity index (χ0) is 22.1. The van der Waals surface area contributed by atoms with Crippen molar-refractivity contribution in [2.75, 3.05) is 25.6 Å². The summed E-state index contributed by atoms with van der Waals surface area (Å²) in [6, 6.07) is 11.9. The van der Waals surface area contributed by atoms with Crippen LogP contribution in [0.5, 0.6) is 11.5 Å². The van der Waals surface area contributed by atoms with E-state index < -0.39 is 23.9 Å². The van der Waals surface area contributed by atoms with E-state index in [1.165, 1.54) is 14.0 Å². The second-order valence-electron chi connectivity index (χ2n) is 6.47. The Morgan fingerprint density at radius 3 is 2.40 bits per heavy atom. The summed E-state index contributed by atoms with van der Waals surface area (Å²) >= 11 is 0. The zero-order valence-electron chi connectivity index (χ0n) is 17.5. The lowest BCUT2D eigenvalue weighted by Gasteiger charge is -2.16. The number of anilines is 1. The summed E-state index contributed by atoms with van der Waals surface area (Å²) in [7, 11) is 1.50. The molecule has 0 heterocycles. The summed E-state index contributed by atoms with van der Waals surface area (Å²) in [4.78, 5) is 36.5. The number of methoxy groups -OCH3 is 1. The molecule has 160 valence electrons. The van der Waals surface area contributed by atoms with Gasteiger partial charge in [0.15, 0.2) is 6.10 Å². The summed E-state index contributed by atoms with van der Waals surface area (Å²) in [5.74, 6) is -0.525. The van der Waals surface area contributed by atoms with Gasteiger partial charge in [0.1, 0.15) is 18.0 Å². The van der Waals surface area contributed by atoms with Gasteiger partial charge in [-0.05, 0) is 62.7 Å². The topological polar surface area (TPSA) is 103 Å². The van der Waals surface area contributed by atoms with Gasteiger partial charge < -0.3 is 24.8 Å². The Kier molecular flexibility index (Phi) is 8.22. The van der Waals surface area contributed by atoms with Gasteiger partial charge >= 0.3 is 5.97 Å². The molecule has 2 aromatic carbocycles. The number of hydrogen-bond acceptors (Lipinski definition) is 6. The average molecular weight is 414 g/mol. The maximum absolute atomic E-state index is 12.3. The minimum Gasteiger partial charge on any atom is -0.495 e. The molecule has 2 N–H and O–H groups in total. The highest BCUT2D eigenvalue weighted by molar-refractivity contribution is 5.98. The molecule has 2 rings (SSSR count). The Labute approximate surface area is 175 Å². The third kappa shape index (κ3) is 6.51. The molecule has 0 aliphatic rings. The van der Waals surface area contributed by atoms with Crippen molar-refractivity contribution in [2.45, 2.75) is 26.9 Å². The molecule has 0 saturated heterocycles. The monoisotopic (exact) mass is 414 g/mol. The number of aryl methyl sites for hydroxylation is 1. The number of esters is 1. The normalized spacial score (nSPS) is 11.2. The summed E-state index contributed by atoms with van der Waals surface area (Å²) in [5, 5.41) is 5.14. The minimum absolute atomic E-state index is 0.364. The fourth-order valence-corrected chi connectivity index (χ4v) is 2.57. The third-order valence-corrected chi connectivity index (χ3v) is 4.11. The van der Waals surface area contributed by atoms with Crippen LogP contribution < -0.4 is 20.1 Å². The van der Waals surface area contributed by atoms with Crippen molar-refractivity contribution in [3.8, 4) is 11.5 Å². The van der Waals surface area contributed by atoms with Crippen LogP contribution in [0.15, 0.2) is 42.5 Å². The molecule has 0 fully saturated rings. The largest absolute Gasteiger partial charge is 0.495 e. The van der Waals surface area contributed by atoms with Crippen molar-refractivity contribution in [1.82, 2.24) is 5.32 Å². The first kappa shape index (κ1) is 22.7. The van der Waals surface area contributed by atoms with Gasteiger partial charge in [0, 0.05) is 5.56 Å². The molecular formula is C22H26N2O6. The Hall–Kier alpha value is -3.55. The molecule has 1 atom stereocenters. The number of rotatable bonds is 9. The summed E-state index contributed by atoms with van der Waals surface area (Å²) in [5.41, 5.74) is 1.80. The molecule has 0 radical (unpaired) electrons. The lowest BCUT2D eigenvalue weighted by molar-refractivity contribution is -0.152. The lowest BCUT2D eigenvalue weighted by Crippen LogP contribution is -2.35. The predicted molar refractivity (Wildman–Crippen MR) is 112 cm³/mol. The van der Waals surface area contributed by atoms with Crippen molar-refractivity contribution < 1.29 is 28.6 Å². The Morgan fingerprint density at radius 1 is 1.07 bits per heavy atom. The summed E-state index contributed by atoms with van der Waals surface area (Å²) < 4.78 is 15.6. The van der Waals surface area contributed by atoms with Crippen LogP contribution in [0.4, 0.5) is 5.69 Å². The first-order valence-electron chi connectivity index (χ1n) is 9.50. The SMILES string of the molecule is CCOc1ccc(C(=O)NCC(=O)O[C@@H](C)C(=O)Nc2cc(C)ccc2OC)cc1. The predicted octanol–water partition coefficient (Wildman–Crippen LogP) is 2.70. The first-order chi connectivity index (χ1) is 14.3. The van der Waals surface area contributed by atoms with Crippen molar-refractivity contribution >= 4 is 23.5 Å². The number of benzene rings is 2. The number of hydrogen-bond donors (Lipinski definition) is 2. The highest BCUT2D eigenvalue weighted by Crippen LogP contribution is 2.25. The van der Waals surface area contributed by atoms with Gasteiger partial charge in [0.2, 0.25) is 0 Å². The van der Waals surface area contributed by atoms with Crippen molar-refractivity contribution in [3.05, 3.63) is 53.6 Å². The van der Waals surface area contributed by atoms with Gasteiger partial charge in [-0.2, -0.15) is 0 Å². The van der Waals surface area contributed by atoms with E-state index in [0.717, 1.165) is 5.56 Å². The molecule has 0 aliphatic heterocycles. The standard InChI is InChI=1S/C22H26N2O6/c1-5-29-17-9-7-16(8-10-17)22(27)23-13-20(25)30-15(3)21(26)24-18-12-14(2)6-11-19(18)28-4/h6-12,15H,5,13H2,1-4H3,(H,23,27)(H,24,26)/t15-/m0/s1. The number of carbonyl (C=O) groups is 3. The number of carbonyl (C=O) groups excluding carboxylic acids is 3. The van der Waals surface area contributed by atoms with Crippen LogP contribution in [-0.4, -0.2) is 44.1 Å². The Bertz CT molecular complexity index is 895.